The van der Waals surface area contributed by atoms with E-state index in [1.54, 1.807) is 0 Å². The molecule has 0 spiro atoms. The van der Waals surface area contributed by atoms with Gasteiger partial charge in [-0.05, 0) is 36.4 Å². The SMILES string of the molecule is CC1=CN2C=C(C3=CC(=O)N4C=C(N5CCNCC5)C=CC4P3)C=C(C)C2N1. The second-order valence-electron chi connectivity index (χ2n) is 7.82. The van der Waals surface area contributed by atoms with Crippen LogP contribution in [0.25, 0.3) is 0 Å². The molecule has 0 bridgehead atoms. The van der Waals surface area contributed by atoms with Crippen LogP contribution < -0.4 is 10.6 Å². The van der Waals surface area contributed by atoms with Crippen molar-refractivity contribution in [3.05, 3.63) is 70.8 Å². The van der Waals surface area contributed by atoms with E-state index in [1.807, 2.05) is 17.2 Å². The number of hydrogen-bond donors (Lipinski definition) is 2. The summed E-state index contributed by atoms with van der Waals surface area (Å²) in [5.74, 6) is 0.205. The minimum Gasteiger partial charge on any atom is -0.368 e. The normalized spacial score (nSPS) is 30.1. The first kappa shape index (κ1) is 17.8. The molecule has 0 aromatic rings. The predicted octanol–water partition coefficient (Wildman–Crippen LogP) is 1.97. The van der Waals surface area contributed by atoms with Crippen molar-refractivity contribution in [1.29, 1.82) is 0 Å². The lowest BCUT2D eigenvalue weighted by Crippen LogP contribution is -2.44. The van der Waals surface area contributed by atoms with E-state index in [-0.39, 0.29) is 17.9 Å². The van der Waals surface area contributed by atoms with E-state index in [2.05, 4.69) is 64.9 Å². The minimum absolute atomic E-state index is 0.0797. The third-order valence-corrected chi connectivity index (χ3v) is 7.26. The summed E-state index contributed by atoms with van der Waals surface area (Å²) in [5, 5.41) is 7.99. The molecule has 2 N–H and O–H groups in total. The summed E-state index contributed by atoms with van der Waals surface area (Å²) in [4.78, 5) is 19.4. The fourth-order valence-corrected chi connectivity index (χ4v) is 5.66. The Morgan fingerprint density at radius 1 is 1.11 bits per heavy atom. The number of allylic oxidation sites excluding steroid dienone is 5. The molecule has 1 amide bonds. The molecule has 1 fully saturated rings. The van der Waals surface area contributed by atoms with Crippen LogP contribution in [0.3, 0.4) is 0 Å². The minimum atomic E-state index is 0.0797. The Morgan fingerprint density at radius 3 is 2.75 bits per heavy atom. The Labute approximate surface area is 167 Å². The molecule has 146 valence electrons. The highest BCUT2D eigenvalue weighted by Gasteiger charge is 2.32. The number of nitrogens with one attached hydrogen (secondary N) is 2. The van der Waals surface area contributed by atoms with Crippen LogP contribution in [0, 0.1) is 0 Å². The van der Waals surface area contributed by atoms with E-state index in [1.165, 1.54) is 11.3 Å². The second kappa shape index (κ2) is 6.94. The fraction of sp³-hybridized carbons (Fsp3) is 0.381. The van der Waals surface area contributed by atoms with Crippen LogP contribution in [-0.4, -0.2) is 58.7 Å². The van der Waals surface area contributed by atoms with Crippen molar-refractivity contribution in [2.75, 3.05) is 26.2 Å². The summed E-state index contributed by atoms with van der Waals surface area (Å²) in [6.07, 6.45) is 15.0. The van der Waals surface area contributed by atoms with Gasteiger partial charge in [0.2, 0.25) is 0 Å². The van der Waals surface area contributed by atoms with E-state index >= 15 is 0 Å². The van der Waals surface area contributed by atoms with Crippen molar-refractivity contribution in [3.8, 4) is 0 Å². The van der Waals surface area contributed by atoms with Gasteiger partial charge in [-0.15, -0.1) is 0 Å². The average Bonchev–Trinajstić information content (AvgIpc) is 3.09. The number of amides is 1. The third-order valence-electron chi connectivity index (χ3n) is 5.75. The van der Waals surface area contributed by atoms with E-state index in [4.69, 9.17) is 0 Å². The van der Waals surface area contributed by atoms with Gasteiger partial charge in [0.25, 0.3) is 5.91 Å². The number of nitrogens with zero attached hydrogens (tertiary/aromatic N) is 3. The Balaban J connectivity index is 1.39. The molecule has 3 unspecified atom stereocenters. The molecule has 5 aliphatic rings. The topological polar surface area (TPSA) is 50.9 Å². The van der Waals surface area contributed by atoms with Gasteiger partial charge in [-0.1, -0.05) is 20.7 Å². The monoisotopic (exact) mass is 395 g/mol. The van der Waals surface area contributed by atoms with E-state index in [9.17, 15) is 4.79 Å². The first-order valence-electron chi connectivity index (χ1n) is 9.87. The molecular weight excluding hydrogens is 369 g/mol. The van der Waals surface area contributed by atoms with Crippen LogP contribution in [0.15, 0.2) is 70.8 Å². The number of hydrogen-bond acceptors (Lipinski definition) is 5. The molecule has 0 radical (unpaired) electrons. The lowest BCUT2D eigenvalue weighted by Gasteiger charge is -2.38. The number of rotatable bonds is 2. The highest BCUT2D eigenvalue weighted by atomic mass is 31.1. The highest BCUT2D eigenvalue weighted by molar-refractivity contribution is 7.44. The number of carbonyl (C=O) groups is 1. The Morgan fingerprint density at radius 2 is 1.93 bits per heavy atom. The largest absolute Gasteiger partial charge is 0.368 e. The highest BCUT2D eigenvalue weighted by Crippen LogP contribution is 2.44. The quantitative estimate of drug-likeness (QED) is 0.701. The molecule has 5 aliphatic heterocycles. The Hall–Kier alpha value is -2.30. The van der Waals surface area contributed by atoms with Crippen molar-refractivity contribution in [2.24, 2.45) is 0 Å². The molecule has 0 aromatic carbocycles. The van der Waals surface area contributed by atoms with Gasteiger partial charge in [-0.3, -0.25) is 4.79 Å². The van der Waals surface area contributed by atoms with Crippen molar-refractivity contribution in [1.82, 2.24) is 25.3 Å². The van der Waals surface area contributed by atoms with E-state index in [0.29, 0.717) is 8.58 Å². The van der Waals surface area contributed by atoms with Gasteiger partial charge in [-0.2, -0.15) is 0 Å². The lowest BCUT2D eigenvalue weighted by atomic mass is 10.1. The van der Waals surface area contributed by atoms with Crippen LogP contribution >= 0.6 is 8.58 Å². The van der Waals surface area contributed by atoms with E-state index in [0.717, 1.165) is 42.8 Å². The predicted molar refractivity (Wildman–Crippen MR) is 113 cm³/mol. The van der Waals surface area contributed by atoms with Crippen LogP contribution in [-0.2, 0) is 4.79 Å². The zero-order chi connectivity index (χ0) is 19.3. The summed E-state index contributed by atoms with van der Waals surface area (Å²) in [6.45, 7) is 8.19. The number of piperazine rings is 1. The van der Waals surface area contributed by atoms with Gasteiger partial charge in [-0.25, -0.2) is 0 Å². The van der Waals surface area contributed by atoms with Crippen LogP contribution in [0.2, 0.25) is 0 Å². The molecule has 1 saturated heterocycles. The van der Waals surface area contributed by atoms with Crippen LogP contribution in [0.4, 0.5) is 0 Å². The zero-order valence-corrected chi connectivity index (χ0v) is 17.3. The molecule has 0 aliphatic carbocycles. The zero-order valence-electron chi connectivity index (χ0n) is 16.3. The molecule has 0 aromatic heterocycles. The molecule has 6 nitrogen and oxygen atoms in total. The maximum Gasteiger partial charge on any atom is 0.252 e. The Bertz CT molecular complexity index is 890. The second-order valence-corrected chi connectivity index (χ2v) is 9.24. The van der Waals surface area contributed by atoms with Crippen LogP contribution in [0.5, 0.6) is 0 Å². The summed E-state index contributed by atoms with van der Waals surface area (Å²) in [6, 6.07) is 0. The smallest absolute Gasteiger partial charge is 0.252 e. The molecule has 7 heteroatoms. The van der Waals surface area contributed by atoms with Gasteiger partial charge < -0.3 is 25.3 Å². The maximum absolute atomic E-state index is 12.9. The first-order valence-corrected chi connectivity index (χ1v) is 11.0. The number of carbonyl (C=O) groups excluding carboxylic acids is 1. The lowest BCUT2D eigenvalue weighted by molar-refractivity contribution is -0.124. The van der Waals surface area contributed by atoms with Gasteiger partial charge in [0.15, 0.2) is 0 Å². The average molecular weight is 395 g/mol. The summed E-state index contributed by atoms with van der Waals surface area (Å²) >= 11 is 0. The molecule has 5 rings (SSSR count). The van der Waals surface area contributed by atoms with Crippen molar-refractivity contribution < 1.29 is 4.79 Å². The van der Waals surface area contributed by atoms with Gasteiger partial charge in [0.1, 0.15) is 6.17 Å². The van der Waals surface area contributed by atoms with Crippen LogP contribution in [0.1, 0.15) is 13.8 Å². The molecular formula is C21H26N5OP. The first-order chi connectivity index (χ1) is 13.6. The van der Waals surface area contributed by atoms with E-state index < -0.39 is 0 Å². The fourth-order valence-electron chi connectivity index (χ4n) is 4.30. The summed E-state index contributed by atoms with van der Waals surface area (Å²) in [7, 11) is 0.549. The third kappa shape index (κ3) is 3.11. The number of fused-ring (bicyclic) bond motifs is 2. The van der Waals surface area contributed by atoms with Crippen molar-refractivity contribution in [2.45, 2.75) is 25.8 Å². The Kier molecular flexibility index (Phi) is 4.41. The molecule has 0 saturated carbocycles. The standard InChI is InChI=1S/C21H26N5OP/c1-14-9-16(12-25-11-15(2)23-21(14)25)18-10-19(27)26-13-17(3-4-20(26)28-18)24-7-5-22-6-8-24/h3-4,9-13,20-23,28H,5-8H2,1-2H3. The molecule has 28 heavy (non-hydrogen) atoms. The van der Waals surface area contributed by atoms with Gasteiger partial charge >= 0.3 is 0 Å². The summed E-state index contributed by atoms with van der Waals surface area (Å²) < 4.78 is 0. The molecule has 5 heterocycles. The van der Waals surface area contributed by atoms with Gasteiger partial charge in [0.05, 0.1) is 11.5 Å². The van der Waals surface area contributed by atoms with Crippen molar-refractivity contribution >= 4 is 14.5 Å². The maximum atomic E-state index is 12.9. The van der Waals surface area contributed by atoms with Crippen molar-refractivity contribution in [3.63, 3.8) is 0 Å². The molecule has 3 atom stereocenters. The van der Waals surface area contributed by atoms with Gasteiger partial charge in [0, 0.05) is 56.6 Å². The summed E-state index contributed by atoms with van der Waals surface area (Å²) in [5.41, 5.74) is 4.73.